The van der Waals surface area contributed by atoms with Gasteiger partial charge in [-0.25, -0.2) is 4.79 Å². The Labute approximate surface area is 201 Å². The van der Waals surface area contributed by atoms with Crippen molar-refractivity contribution in [1.82, 2.24) is 10.6 Å². The van der Waals surface area contributed by atoms with Crippen LogP contribution in [0.2, 0.25) is 0 Å². The molecule has 6 nitrogen and oxygen atoms in total. The van der Waals surface area contributed by atoms with Gasteiger partial charge in [-0.1, -0.05) is 59.9 Å². The second-order valence-electron chi connectivity index (χ2n) is 9.43. The van der Waals surface area contributed by atoms with Crippen molar-refractivity contribution in [3.8, 4) is 5.75 Å². The van der Waals surface area contributed by atoms with Crippen LogP contribution in [-0.4, -0.2) is 38.1 Å². The smallest absolute Gasteiger partial charge is 0.330 e. The summed E-state index contributed by atoms with van der Waals surface area (Å²) in [5.41, 5.74) is 8.52. The Bertz CT molecular complexity index is 719. The molecule has 0 radical (unpaired) electrons. The molecule has 3 rings (SSSR count). The molecule has 2 aliphatic carbocycles. The number of rotatable bonds is 6. The van der Waals surface area contributed by atoms with Crippen LogP contribution in [0.5, 0.6) is 5.75 Å². The standard InChI is InChI=1S/C21H30N2O3.C3H9N.C3H8/c1-13(2)20(22)21(25)23-12-19(24)26-16-10-9-15-8-7-14-5-3-4-6-17(14)18(15)11-16;1-3-4-2;1-3-2/h9-11,13-14,17,20H,3-8,12,22H2,1-2H3,(H,23,25);4H,3H2,1-2H3;3H2,1-2H3. The van der Waals surface area contributed by atoms with Crippen LogP contribution in [-0.2, 0) is 16.0 Å². The summed E-state index contributed by atoms with van der Waals surface area (Å²) in [4.78, 5) is 23.9. The van der Waals surface area contributed by atoms with Gasteiger partial charge in [-0.05, 0) is 80.3 Å². The minimum atomic E-state index is -0.616. The molecule has 1 aromatic rings. The predicted molar refractivity (Wildman–Crippen MR) is 136 cm³/mol. The molecule has 1 fully saturated rings. The second kappa shape index (κ2) is 15.8. The fourth-order valence-corrected chi connectivity index (χ4v) is 4.26. The third-order valence-corrected chi connectivity index (χ3v) is 6.22. The molecular formula is C27H47N3O3. The summed E-state index contributed by atoms with van der Waals surface area (Å²) >= 11 is 0. The highest BCUT2D eigenvalue weighted by Gasteiger charge is 2.31. The number of hydrogen-bond donors (Lipinski definition) is 3. The third-order valence-electron chi connectivity index (χ3n) is 6.22. The number of benzene rings is 1. The van der Waals surface area contributed by atoms with Gasteiger partial charge in [0.1, 0.15) is 12.3 Å². The molecule has 0 heterocycles. The lowest BCUT2D eigenvalue weighted by atomic mass is 9.68. The Hall–Kier alpha value is -1.92. The fourth-order valence-electron chi connectivity index (χ4n) is 4.26. The highest BCUT2D eigenvalue weighted by atomic mass is 16.5. The lowest BCUT2D eigenvalue weighted by Crippen LogP contribution is -2.46. The van der Waals surface area contributed by atoms with E-state index in [0.29, 0.717) is 11.7 Å². The van der Waals surface area contributed by atoms with Crippen molar-refractivity contribution in [2.75, 3.05) is 20.1 Å². The van der Waals surface area contributed by atoms with E-state index in [0.717, 1.165) is 18.9 Å². The first-order valence-electron chi connectivity index (χ1n) is 12.8. The lowest BCUT2D eigenvalue weighted by molar-refractivity contribution is -0.136. The van der Waals surface area contributed by atoms with E-state index in [9.17, 15) is 9.59 Å². The normalized spacial score (nSPS) is 19.5. The summed E-state index contributed by atoms with van der Waals surface area (Å²) in [7, 11) is 1.93. The molecule has 1 aromatic carbocycles. The Morgan fingerprint density at radius 3 is 2.36 bits per heavy atom. The molecule has 2 aliphatic rings. The molecule has 33 heavy (non-hydrogen) atoms. The zero-order valence-corrected chi connectivity index (χ0v) is 21.7. The quantitative estimate of drug-likeness (QED) is 0.427. The third kappa shape index (κ3) is 9.85. The van der Waals surface area contributed by atoms with Crippen LogP contribution >= 0.6 is 0 Å². The Kier molecular flexibility index (Phi) is 14.0. The molecule has 4 N–H and O–H groups in total. The minimum Gasteiger partial charge on any atom is -0.425 e. The SMILES string of the molecule is CC(C)C(N)C(=O)NCC(=O)Oc1ccc2c(c1)C1CCCCC1CC2.CCC.CCNC. The van der Waals surface area contributed by atoms with E-state index in [2.05, 4.69) is 37.5 Å². The van der Waals surface area contributed by atoms with Crippen LogP contribution in [0.3, 0.4) is 0 Å². The molecule has 0 spiro atoms. The first kappa shape index (κ1) is 29.1. The number of aryl methyl sites for hydroxylation is 1. The average molecular weight is 462 g/mol. The van der Waals surface area contributed by atoms with Crippen molar-refractivity contribution in [2.24, 2.45) is 17.6 Å². The number of nitrogens with one attached hydrogen (secondary N) is 2. The van der Waals surface area contributed by atoms with Gasteiger partial charge in [0.2, 0.25) is 5.91 Å². The van der Waals surface area contributed by atoms with Crippen LogP contribution in [0.1, 0.15) is 90.2 Å². The Balaban J connectivity index is 0.000000688. The van der Waals surface area contributed by atoms with Crippen LogP contribution < -0.4 is 21.1 Å². The maximum Gasteiger partial charge on any atom is 0.330 e. The van der Waals surface area contributed by atoms with E-state index >= 15 is 0 Å². The second-order valence-corrected chi connectivity index (χ2v) is 9.43. The average Bonchev–Trinajstić information content (AvgIpc) is 2.82. The predicted octanol–water partition coefficient (Wildman–Crippen LogP) is 4.55. The van der Waals surface area contributed by atoms with Gasteiger partial charge in [0.05, 0.1) is 6.04 Å². The molecule has 1 amide bonds. The van der Waals surface area contributed by atoms with Crippen molar-refractivity contribution < 1.29 is 14.3 Å². The highest BCUT2D eigenvalue weighted by Crippen LogP contribution is 2.45. The van der Waals surface area contributed by atoms with Crippen molar-refractivity contribution >= 4 is 11.9 Å². The van der Waals surface area contributed by atoms with Crippen molar-refractivity contribution in [3.05, 3.63) is 29.3 Å². The van der Waals surface area contributed by atoms with Crippen LogP contribution in [0, 0.1) is 11.8 Å². The molecular weight excluding hydrogens is 414 g/mol. The highest BCUT2D eigenvalue weighted by molar-refractivity contribution is 5.86. The van der Waals surface area contributed by atoms with Gasteiger partial charge in [-0.15, -0.1) is 0 Å². The number of nitrogens with two attached hydrogens (primary N) is 1. The first-order chi connectivity index (χ1) is 15.8. The maximum absolute atomic E-state index is 12.1. The zero-order chi connectivity index (χ0) is 24.8. The van der Waals surface area contributed by atoms with E-state index in [4.69, 9.17) is 10.5 Å². The van der Waals surface area contributed by atoms with Crippen LogP contribution in [0.4, 0.5) is 0 Å². The monoisotopic (exact) mass is 461 g/mol. The summed E-state index contributed by atoms with van der Waals surface area (Å²) < 4.78 is 5.46. The minimum absolute atomic E-state index is 0.0232. The summed E-state index contributed by atoms with van der Waals surface area (Å²) in [5.74, 6) is 1.18. The van der Waals surface area contributed by atoms with Gasteiger partial charge >= 0.3 is 5.97 Å². The van der Waals surface area contributed by atoms with Crippen molar-refractivity contribution in [2.45, 2.75) is 91.5 Å². The van der Waals surface area contributed by atoms with E-state index in [1.54, 1.807) is 0 Å². The van der Waals surface area contributed by atoms with E-state index in [1.165, 1.54) is 49.7 Å². The van der Waals surface area contributed by atoms with Gasteiger partial charge in [-0.3, -0.25) is 4.79 Å². The topological polar surface area (TPSA) is 93.5 Å². The summed E-state index contributed by atoms with van der Waals surface area (Å²) in [6.07, 6.45) is 8.82. The summed E-state index contributed by atoms with van der Waals surface area (Å²) in [6, 6.07) is 5.38. The van der Waals surface area contributed by atoms with Gasteiger partial charge < -0.3 is 21.1 Å². The summed E-state index contributed by atoms with van der Waals surface area (Å²) in [6.45, 7) is 11.0. The van der Waals surface area contributed by atoms with Crippen molar-refractivity contribution in [3.63, 3.8) is 0 Å². The Morgan fingerprint density at radius 2 is 1.76 bits per heavy atom. The first-order valence-corrected chi connectivity index (χ1v) is 12.8. The van der Waals surface area contributed by atoms with Crippen LogP contribution in [0.15, 0.2) is 18.2 Å². The number of ether oxygens (including phenoxy) is 1. The number of carbonyl (C=O) groups excluding carboxylic acids is 2. The molecule has 188 valence electrons. The summed E-state index contributed by atoms with van der Waals surface area (Å²) in [5, 5.41) is 5.48. The van der Waals surface area contributed by atoms with Crippen molar-refractivity contribution in [1.29, 1.82) is 0 Å². The molecule has 0 aliphatic heterocycles. The molecule has 1 saturated carbocycles. The number of fused-ring (bicyclic) bond motifs is 3. The molecule has 3 atom stereocenters. The number of esters is 1. The van der Waals surface area contributed by atoms with Gasteiger partial charge in [0.25, 0.3) is 0 Å². The molecule has 0 saturated heterocycles. The number of amides is 1. The van der Waals surface area contributed by atoms with E-state index in [-0.39, 0.29) is 18.4 Å². The van der Waals surface area contributed by atoms with Crippen LogP contribution in [0.25, 0.3) is 0 Å². The maximum atomic E-state index is 12.1. The molecule has 0 bridgehead atoms. The van der Waals surface area contributed by atoms with E-state index in [1.807, 2.05) is 33.0 Å². The molecule has 0 aromatic heterocycles. The van der Waals surface area contributed by atoms with E-state index < -0.39 is 12.0 Å². The number of carbonyl (C=O) groups is 2. The fraction of sp³-hybridized carbons (Fsp3) is 0.704. The largest absolute Gasteiger partial charge is 0.425 e. The Morgan fingerprint density at radius 1 is 1.12 bits per heavy atom. The zero-order valence-electron chi connectivity index (χ0n) is 21.7. The number of hydrogen-bond acceptors (Lipinski definition) is 5. The molecule has 3 unspecified atom stereocenters. The van der Waals surface area contributed by atoms with Gasteiger partial charge in [0, 0.05) is 0 Å². The molecule has 6 heteroatoms. The lowest BCUT2D eigenvalue weighted by Gasteiger charge is -2.37. The van der Waals surface area contributed by atoms with Gasteiger partial charge in [0.15, 0.2) is 0 Å². The van der Waals surface area contributed by atoms with Gasteiger partial charge in [-0.2, -0.15) is 0 Å².